The van der Waals surface area contributed by atoms with Gasteiger partial charge in [-0.25, -0.2) is 0 Å². The summed E-state index contributed by atoms with van der Waals surface area (Å²) >= 11 is 6.09. The van der Waals surface area contributed by atoms with Gasteiger partial charge in [0.05, 0.1) is 17.0 Å². The van der Waals surface area contributed by atoms with Gasteiger partial charge in [0.2, 0.25) is 11.8 Å². The van der Waals surface area contributed by atoms with Crippen molar-refractivity contribution in [3.8, 4) is 0 Å². The number of anilines is 1. The highest BCUT2D eigenvalue weighted by atomic mass is 35.5. The lowest BCUT2D eigenvalue weighted by molar-refractivity contribution is -0.117. The van der Waals surface area contributed by atoms with Gasteiger partial charge in [0.25, 0.3) is 5.91 Å². The Bertz CT molecular complexity index is 860. The summed E-state index contributed by atoms with van der Waals surface area (Å²) in [6.45, 7) is 3.86. The van der Waals surface area contributed by atoms with Gasteiger partial charge in [-0.1, -0.05) is 11.6 Å². The van der Waals surface area contributed by atoms with E-state index < -0.39 is 0 Å². The molecule has 148 valence electrons. The summed E-state index contributed by atoms with van der Waals surface area (Å²) in [5.41, 5.74) is 0.733. The number of rotatable bonds is 8. The molecule has 1 aromatic carbocycles. The fourth-order valence-corrected chi connectivity index (χ4v) is 2.39. The van der Waals surface area contributed by atoms with Gasteiger partial charge < -0.3 is 20.4 Å². The second kappa shape index (κ2) is 10.3. The van der Waals surface area contributed by atoms with Gasteiger partial charge in [0.1, 0.15) is 5.76 Å². The van der Waals surface area contributed by atoms with Gasteiger partial charge >= 0.3 is 0 Å². The Morgan fingerprint density at radius 1 is 1.21 bits per heavy atom. The Hall–Kier alpha value is -3.06. The first-order valence-electron chi connectivity index (χ1n) is 8.75. The second-order valence-corrected chi connectivity index (χ2v) is 6.67. The summed E-state index contributed by atoms with van der Waals surface area (Å²) in [6, 6.07) is 8.08. The average molecular weight is 404 g/mol. The fourth-order valence-electron chi connectivity index (χ4n) is 2.22. The molecule has 0 aliphatic carbocycles. The number of carbonyl (C=O) groups is 3. The van der Waals surface area contributed by atoms with Crippen molar-refractivity contribution in [3.05, 3.63) is 59.0 Å². The Balaban J connectivity index is 1.83. The number of furan rings is 1. The number of benzene rings is 1. The number of halogens is 1. The van der Waals surface area contributed by atoms with E-state index in [-0.39, 0.29) is 36.7 Å². The van der Waals surface area contributed by atoms with Crippen molar-refractivity contribution in [2.75, 3.05) is 11.9 Å². The standard InChI is InChI=1S/C20H22ClN3O4/c1-13(2)23-20(27)14-5-7-16(21)17(12-14)24-19(26)9-10-22-18(25)8-6-15-4-3-11-28-15/h3-8,11-13H,9-10H2,1-2H3,(H,22,25)(H,23,27)(H,24,26). The normalized spacial score (nSPS) is 10.9. The maximum atomic E-state index is 12.1. The van der Waals surface area contributed by atoms with Crippen LogP contribution < -0.4 is 16.0 Å². The molecule has 8 heteroatoms. The molecule has 2 aromatic rings. The Morgan fingerprint density at radius 3 is 2.68 bits per heavy atom. The van der Waals surface area contributed by atoms with E-state index in [1.165, 1.54) is 24.5 Å². The van der Waals surface area contributed by atoms with E-state index in [9.17, 15) is 14.4 Å². The van der Waals surface area contributed by atoms with Gasteiger partial charge in [-0.15, -0.1) is 0 Å². The van der Waals surface area contributed by atoms with Crippen molar-refractivity contribution >= 4 is 41.1 Å². The molecule has 2 rings (SSSR count). The zero-order valence-electron chi connectivity index (χ0n) is 15.6. The lowest BCUT2D eigenvalue weighted by Gasteiger charge is -2.11. The molecule has 0 saturated heterocycles. The van der Waals surface area contributed by atoms with Crippen molar-refractivity contribution < 1.29 is 18.8 Å². The smallest absolute Gasteiger partial charge is 0.251 e. The number of carbonyl (C=O) groups excluding carboxylic acids is 3. The summed E-state index contributed by atoms with van der Waals surface area (Å²) in [6.07, 6.45) is 4.42. The lowest BCUT2D eigenvalue weighted by Crippen LogP contribution is -2.30. The van der Waals surface area contributed by atoms with E-state index in [4.69, 9.17) is 16.0 Å². The third-order valence-corrected chi connectivity index (χ3v) is 3.85. The largest absolute Gasteiger partial charge is 0.465 e. The minimum atomic E-state index is -0.338. The summed E-state index contributed by atoms with van der Waals surface area (Å²) in [4.78, 5) is 35.9. The molecule has 3 amide bonds. The maximum Gasteiger partial charge on any atom is 0.251 e. The Labute approximate surface area is 168 Å². The molecule has 0 spiro atoms. The van der Waals surface area contributed by atoms with Crippen LogP contribution in [0.15, 0.2) is 47.1 Å². The second-order valence-electron chi connectivity index (χ2n) is 6.26. The Morgan fingerprint density at radius 2 is 2.00 bits per heavy atom. The molecular weight excluding hydrogens is 382 g/mol. The van der Waals surface area contributed by atoms with Crippen molar-refractivity contribution in [3.63, 3.8) is 0 Å². The van der Waals surface area contributed by atoms with Crippen LogP contribution in [0.25, 0.3) is 6.08 Å². The molecule has 0 bridgehead atoms. The van der Waals surface area contributed by atoms with E-state index >= 15 is 0 Å². The summed E-state index contributed by atoms with van der Waals surface area (Å²) in [5.74, 6) is -0.366. The molecular formula is C20H22ClN3O4. The molecule has 0 unspecified atom stereocenters. The highest BCUT2D eigenvalue weighted by Crippen LogP contribution is 2.23. The number of hydrogen-bond donors (Lipinski definition) is 3. The van der Waals surface area contributed by atoms with Gasteiger partial charge in [0, 0.05) is 30.6 Å². The minimum absolute atomic E-state index is 0.00772. The Kier molecular flexibility index (Phi) is 7.83. The van der Waals surface area contributed by atoms with Crippen LogP contribution in [0.3, 0.4) is 0 Å². The molecule has 0 aliphatic rings. The van der Waals surface area contributed by atoms with Crippen LogP contribution in [0, 0.1) is 0 Å². The maximum absolute atomic E-state index is 12.1. The summed E-state index contributed by atoms with van der Waals surface area (Å²) in [5, 5.41) is 8.35. The predicted molar refractivity (Wildman–Crippen MR) is 108 cm³/mol. The third-order valence-electron chi connectivity index (χ3n) is 3.52. The van der Waals surface area contributed by atoms with Crippen LogP contribution in [-0.4, -0.2) is 30.3 Å². The zero-order chi connectivity index (χ0) is 20.5. The van der Waals surface area contributed by atoms with Gasteiger partial charge in [0.15, 0.2) is 0 Å². The lowest BCUT2D eigenvalue weighted by atomic mass is 10.1. The van der Waals surface area contributed by atoms with Crippen molar-refractivity contribution in [1.82, 2.24) is 10.6 Å². The molecule has 1 heterocycles. The average Bonchev–Trinajstić information content (AvgIpc) is 3.15. The zero-order valence-corrected chi connectivity index (χ0v) is 16.4. The van der Waals surface area contributed by atoms with Gasteiger partial charge in [-0.2, -0.15) is 0 Å². The summed E-state index contributed by atoms with van der Waals surface area (Å²) < 4.78 is 5.08. The monoisotopic (exact) mass is 403 g/mol. The molecule has 0 radical (unpaired) electrons. The predicted octanol–water partition coefficient (Wildman–Crippen LogP) is 3.23. The molecule has 0 fully saturated rings. The van der Waals surface area contributed by atoms with E-state index in [1.807, 2.05) is 13.8 Å². The topological polar surface area (TPSA) is 100 Å². The molecule has 28 heavy (non-hydrogen) atoms. The number of hydrogen-bond acceptors (Lipinski definition) is 4. The van der Waals surface area contributed by atoms with Crippen molar-refractivity contribution in [1.29, 1.82) is 0 Å². The van der Waals surface area contributed by atoms with Gasteiger partial charge in [-0.3, -0.25) is 14.4 Å². The number of amides is 3. The van der Waals surface area contributed by atoms with E-state index in [0.29, 0.717) is 22.0 Å². The minimum Gasteiger partial charge on any atom is -0.465 e. The first kappa shape index (κ1) is 21.2. The number of nitrogens with one attached hydrogen (secondary N) is 3. The third kappa shape index (κ3) is 6.92. The fraction of sp³-hybridized carbons (Fsp3) is 0.250. The van der Waals surface area contributed by atoms with Crippen LogP contribution in [0.4, 0.5) is 5.69 Å². The highest BCUT2D eigenvalue weighted by molar-refractivity contribution is 6.33. The van der Waals surface area contributed by atoms with Crippen LogP contribution in [0.5, 0.6) is 0 Å². The van der Waals surface area contributed by atoms with Crippen LogP contribution in [0.2, 0.25) is 5.02 Å². The van der Waals surface area contributed by atoms with E-state index in [2.05, 4.69) is 16.0 Å². The van der Waals surface area contributed by atoms with Crippen molar-refractivity contribution in [2.24, 2.45) is 0 Å². The first-order valence-corrected chi connectivity index (χ1v) is 9.12. The van der Waals surface area contributed by atoms with E-state index in [1.54, 1.807) is 24.3 Å². The van der Waals surface area contributed by atoms with Crippen LogP contribution in [-0.2, 0) is 9.59 Å². The van der Waals surface area contributed by atoms with E-state index in [0.717, 1.165) is 0 Å². The molecule has 1 aromatic heterocycles. The van der Waals surface area contributed by atoms with Gasteiger partial charge in [-0.05, 0) is 50.3 Å². The molecule has 7 nitrogen and oxygen atoms in total. The molecule has 0 atom stereocenters. The quantitative estimate of drug-likeness (QED) is 0.589. The summed E-state index contributed by atoms with van der Waals surface area (Å²) in [7, 11) is 0. The SMILES string of the molecule is CC(C)NC(=O)c1ccc(Cl)c(NC(=O)CCNC(=O)C=Cc2ccco2)c1. The highest BCUT2D eigenvalue weighted by Gasteiger charge is 2.12. The van der Waals surface area contributed by atoms with Crippen LogP contribution >= 0.6 is 11.6 Å². The first-order chi connectivity index (χ1) is 13.3. The molecule has 0 saturated carbocycles. The molecule has 3 N–H and O–H groups in total. The molecule has 0 aliphatic heterocycles. The van der Waals surface area contributed by atoms with Crippen LogP contribution in [0.1, 0.15) is 36.4 Å². The van der Waals surface area contributed by atoms with Crippen molar-refractivity contribution in [2.45, 2.75) is 26.3 Å².